The average molecular weight is 965 g/mol. The lowest BCUT2D eigenvalue weighted by molar-refractivity contribution is -0.164. The Morgan fingerprint density at radius 1 is 0.986 bits per heavy atom. The number of nitrogens with one attached hydrogen (secondary N) is 5. The summed E-state index contributed by atoms with van der Waals surface area (Å²) in [5.41, 5.74) is 2.14. The van der Waals surface area contributed by atoms with Crippen LogP contribution in [-0.4, -0.2) is 110 Å². The Bertz CT molecular complexity index is 2440. The van der Waals surface area contributed by atoms with Crippen LogP contribution in [0.2, 0.25) is 0 Å². The topological polar surface area (TPSA) is 249 Å². The minimum atomic E-state index is -2.47. The van der Waals surface area contributed by atoms with Crippen LogP contribution in [0.15, 0.2) is 83.4 Å². The Hall–Kier alpha value is -5.35. The highest BCUT2D eigenvalue weighted by atomic mass is 32.2. The summed E-state index contributed by atoms with van der Waals surface area (Å²) in [7, 11) is 1.55. The first kappa shape index (κ1) is 50.1. The third kappa shape index (κ3) is 10.6. The van der Waals surface area contributed by atoms with Crippen LogP contribution in [0.25, 0.3) is 0 Å². The number of amides is 2. The smallest absolute Gasteiger partial charge is 0.353 e. The molecule has 368 valence electrons. The Kier molecular flexibility index (Phi) is 15.8. The molecule has 0 saturated heterocycles. The molecule has 2 aliphatic heterocycles. The van der Waals surface area contributed by atoms with E-state index in [1.54, 1.807) is 19.4 Å². The van der Waals surface area contributed by atoms with Crippen LogP contribution in [0.3, 0.4) is 0 Å². The summed E-state index contributed by atoms with van der Waals surface area (Å²) in [5.74, 6) is 2.08. The van der Waals surface area contributed by atoms with Gasteiger partial charge in [-0.05, 0) is 97.7 Å². The highest BCUT2D eigenvalue weighted by Gasteiger charge is 2.62. The van der Waals surface area contributed by atoms with Crippen LogP contribution < -0.4 is 26.6 Å². The van der Waals surface area contributed by atoms with Gasteiger partial charge in [0.05, 0.1) is 5.25 Å². The number of ether oxygens (including phenoxy) is 1. The van der Waals surface area contributed by atoms with E-state index in [1.807, 2.05) is 18.2 Å². The predicted molar refractivity (Wildman–Crippen MR) is 258 cm³/mol. The summed E-state index contributed by atoms with van der Waals surface area (Å²) in [5, 5.41) is 53.6. The standard InChI is InChI=1S/C52H64N6O10S/c1-53-31-56-52(67,48(64)65)23-16-39(59)57-38(45(60)58-46(61)47(62)63)30-69-44-43-41-35(13-3-2-6-19-50(44)20-7-8-21-50)29-37(27-32-17-25-54-26-18-32)40-42-36(15-10-24-55-42)28-34-12-5-4-11-33(34)14-9-22-51(40,41)49(66)68-43/h4-5,10-12,15,17-18,25-26,35-36,38,42,44,46,53,55-56,61,67H,2-3,6-8,13-14,16,19-21,23-24,27-31H2,1H3,(H,57,59)(H,58,60)(H,62,63)(H,64,65). The van der Waals surface area contributed by atoms with Crippen LogP contribution in [0.1, 0.15) is 93.7 Å². The number of carboxylic acids is 2. The lowest BCUT2D eigenvalue weighted by Crippen LogP contribution is -2.56. The summed E-state index contributed by atoms with van der Waals surface area (Å²) < 4.78 is 6.91. The molecule has 0 radical (unpaired) electrons. The van der Waals surface area contributed by atoms with Crippen LogP contribution in [0.5, 0.6) is 0 Å². The van der Waals surface area contributed by atoms with E-state index < -0.39 is 71.2 Å². The van der Waals surface area contributed by atoms with Gasteiger partial charge >= 0.3 is 17.9 Å². The maximum absolute atomic E-state index is 15.7. The summed E-state index contributed by atoms with van der Waals surface area (Å²) in [6.07, 6.45) is 15.2. The minimum Gasteiger partial charge on any atom is -0.478 e. The van der Waals surface area contributed by atoms with E-state index in [-0.39, 0.29) is 35.7 Å². The number of thioether (sulfide) groups is 1. The summed E-state index contributed by atoms with van der Waals surface area (Å²) in [6.45, 7) is 0.530. The number of pyridine rings is 1. The Morgan fingerprint density at radius 2 is 1.72 bits per heavy atom. The molecule has 0 bridgehead atoms. The van der Waals surface area contributed by atoms with E-state index in [4.69, 9.17) is 4.74 Å². The van der Waals surface area contributed by atoms with Gasteiger partial charge < -0.3 is 46.4 Å². The van der Waals surface area contributed by atoms with Gasteiger partial charge in [-0.15, -0.1) is 11.8 Å². The highest BCUT2D eigenvalue weighted by molar-refractivity contribution is 8.00. The number of benzene rings is 1. The molecule has 16 nitrogen and oxygen atoms in total. The average Bonchev–Trinajstić information content (AvgIpc) is 3.93. The normalized spacial score (nSPS) is 26.6. The van der Waals surface area contributed by atoms with E-state index >= 15 is 4.79 Å². The highest BCUT2D eigenvalue weighted by Crippen LogP contribution is 2.62. The van der Waals surface area contributed by atoms with Crippen LogP contribution in [0.4, 0.5) is 0 Å². The number of carbonyl (C=O) groups excluding carboxylic acids is 3. The van der Waals surface area contributed by atoms with Crippen LogP contribution in [0, 0.1) is 34.5 Å². The molecule has 69 heavy (non-hydrogen) atoms. The Balaban J connectivity index is 1.26. The lowest BCUT2D eigenvalue weighted by Gasteiger charge is -2.45. The number of aliphatic hydroxyl groups is 2. The molecule has 8 atom stereocenters. The first-order valence-electron chi connectivity index (χ1n) is 24.3. The first-order valence-corrected chi connectivity index (χ1v) is 25.4. The maximum Gasteiger partial charge on any atom is 0.353 e. The van der Waals surface area contributed by atoms with Gasteiger partial charge in [0.2, 0.25) is 23.8 Å². The predicted octanol–water partition coefficient (Wildman–Crippen LogP) is 3.63. The molecule has 9 N–H and O–H groups in total. The number of aliphatic hydroxyl groups excluding tert-OH is 1. The second kappa shape index (κ2) is 21.7. The Labute approximate surface area is 407 Å². The first-order chi connectivity index (χ1) is 33.3. The van der Waals surface area contributed by atoms with Crippen molar-refractivity contribution >= 4 is 41.5 Å². The molecule has 3 heterocycles. The zero-order valence-electron chi connectivity index (χ0n) is 39.1. The molecule has 2 amide bonds. The van der Waals surface area contributed by atoms with Gasteiger partial charge in [0, 0.05) is 68.2 Å². The van der Waals surface area contributed by atoms with Crippen molar-refractivity contribution in [1.29, 1.82) is 0 Å². The number of fused-ring (bicyclic) bond motifs is 3. The van der Waals surface area contributed by atoms with E-state index in [0.717, 1.165) is 86.5 Å². The van der Waals surface area contributed by atoms with Crippen LogP contribution >= 0.6 is 11.8 Å². The fraction of sp³-hybridized carbons (Fsp3) is 0.538. The molecule has 2 spiro atoms. The molecule has 1 aromatic carbocycles. The largest absolute Gasteiger partial charge is 0.478 e. The zero-order chi connectivity index (χ0) is 48.8. The molecule has 1 aromatic heterocycles. The second-order valence-corrected chi connectivity index (χ2v) is 20.6. The molecular weight excluding hydrogens is 901 g/mol. The number of nitrogens with zero attached hydrogens (tertiary/aromatic N) is 1. The van der Waals surface area contributed by atoms with Gasteiger partial charge in [-0.1, -0.05) is 85.9 Å². The number of aliphatic carboxylic acids is 2. The van der Waals surface area contributed by atoms with Gasteiger partial charge in [-0.25, -0.2) is 14.4 Å². The van der Waals surface area contributed by atoms with Crippen molar-refractivity contribution < 1.29 is 49.1 Å². The van der Waals surface area contributed by atoms with E-state index in [2.05, 4.69) is 73.8 Å². The fourth-order valence-electron chi connectivity index (χ4n) is 11.8. The molecule has 1 fully saturated rings. The zero-order valence-corrected chi connectivity index (χ0v) is 39.9. The number of rotatable bonds is 16. The molecule has 2 aromatic rings. The van der Waals surface area contributed by atoms with Crippen molar-refractivity contribution in [2.24, 2.45) is 22.7 Å². The molecule has 8 unspecified atom stereocenters. The van der Waals surface area contributed by atoms with Crippen LogP contribution in [-0.2, 0) is 48.0 Å². The van der Waals surface area contributed by atoms with Crippen molar-refractivity contribution in [2.45, 2.75) is 126 Å². The maximum atomic E-state index is 15.7. The number of aromatic nitrogens is 1. The number of carbonyl (C=O) groups is 5. The van der Waals surface area contributed by atoms with Gasteiger partial charge in [-0.2, -0.15) is 0 Å². The van der Waals surface area contributed by atoms with Gasteiger partial charge in [0.25, 0.3) is 0 Å². The van der Waals surface area contributed by atoms with Gasteiger partial charge in [0.15, 0.2) is 5.41 Å². The van der Waals surface area contributed by atoms with E-state index in [0.29, 0.717) is 31.6 Å². The molecule has 1 saturated carbocycles. The minimum absolute atomic E-state index is 0.00591. The fourth-order valence-corrected chi connectivity index (χ4v) is 13.4. The molecule has 8 rings (SSSR count). The lowest BCUT2D eigenvalue weighted by atomic mass is 9.57. The quantitative estimate of drug-likeness (QED) is 0.0505. The van der Waals surface area contributed by atoms with Crippen molar-refractivity contribution in [3.8, 4) is 11.8 Å². The van der Waals surface area contributed by atoms with Gasteiger partial charge in [0.1, 0.15) is 11.8 Å². The number of hydrogen-bond donors (Lipinski definition) is 9. The van der Waals surface area contributed by atoms with E-state index in [1.165, 1.54) is 22.9 Å². The molecule has 6 aliphatic rings. The molecular formula is C52H64N6O10S. The summed E-state index contributed by atoms with van der Waals surface area (Å²) >= 11 is 1.37. The second-order valence-electron chi connectivity index (χ2n) is 19.4. The van der Waals surface area contributed by atoms with Crippen molar-refractivity contribution in [2.75, 3.05) is 26.0 Å². The molecule has 4 aliphatic carbocycles. The van der Waals surface area contributed by atoms with Crippen molar-refractivity contribution in [1.82, 2.24) is 31.6 Å². The summed E-state index contributed by atoms with van der Waals surface area (Å²) in [6, 6.07) is 10.7. The number of carboxylic acid groups (broad SMARTS) is 2. The molecule has 17 heteroatoms. The third-order valence-corrected chi connectivity index (χ3v) is 16.7. The Morgan fingerprint density at radius 3 is 2.45 bits per heavy atom. The summed E-state index contributed by atoms with van der Waals surface area (Å²) in [4.78, 5) is 71.4. The van der Waals surface area contributed by atoms with E-state index in [9.17, 15) is 39.6 Å². The van der Waals surface area contributed by atoms with Crippen molar-refractivity contribution in [3.63, 3.8) is 0 Å². The van der Waals surface area contributed by atoms with Crippen molar-refractivity contribution in [3.05, 3.63) is 100 Å². The number of esters is 1. The number of allylic oxidation sites excluding steroid dienone is 1. The SMILES string of the molecule is CNCNC(O)(CCC(=O)NC(CSC1C2=C3C(CCCCCC14CCCC4)CC(Cc1ccncc1)=C1C4NCC=CC4Cc4ccccc4CC#CC31C(=O)O2)C(=O)NC(O)C(=O)O)C(=O)O. The third-order valence-electron chi connectivity index (χ3n) is 15.1. The van der Waals surface area contributed by atoms with Gasteiger partial charge in [-0.3, -0.25) is 19.9 Å². The number of hydrogen-bond acceptors (Lipinski definition) is 13. The monoisotopic (exact) mass is 964 g/mol.